The summed E-state index contributed by atoms with van der Waals surface area (Å²) in [7, 11) is 2.06. The number of thiophene rings is 1. The average molecular weight is 271 g/mol. The SMILES string of the molecule is Cc1cc(-c2nc3c(CN)cccc3n2C)sc1C. The molecule has 98 valence electrons. The van der Waals surface area contributed by atoms with Crippen molar-refractivity contribution in [3.63, 3.8) is 0 Å². The van der Waals surface area contributed by atoms with Gasteiger partial charge in [0.05, 0.1) is 15.9 Å². The molecule has 1 aromatic carbocycles. The van der Waals surface area contributed by atoms with Gasteiger partial charge in [0.25, 0.3) is 0 Å². The summed E-state index contributed by atoms with van der Waals surface area (Å²) >= 11 is 1.80. The second-order valence-electron chi connectivity index (χ2n) is 4.83. The molecule has 0 aliphatic rings. The molecule has 19 heavy (non-hydrogen) atoms. The first-order valence-corrected chi connectivity index (χ1v) is 7.15. The van der Waals surface area contributed by atoms with Crippen LogP contribution in [0.15, 0.2) is 24.3 Å². The highest BCUT2D eigenvalue weighted by Crippen LogP contribution is 2.32. The van der Waals surface area contributed by atoms with Crippen molar-refractivity contribution >= 4 is 22.4 Å². The summed E-state index contributed by atoms with van der Waals surface area (Å²) in [4.78, 5) is 7.37. The van der Waals surface area contributed by atoms with Crippen LogP contribution in [-0.4, -0.2) is 9.55 Å². The molecule has 3 aromatic rings. The number of imidazole rings is 1. The maximum Gasteiger partial charge on any atom is 0.150 e. The van der Waals surface area contributed by atoms with Gasteiger partial charge in [0.15, 0.2) is 5.82 Å². The number of aromatic nitrogens is 2. The van der Waals surface area contributed by atoms with E-state index in [-0.39, 0.29) is 0 Å². The van der Waals surface area contributed by atoms with Crippen LogP contribution in [0, 0.1) is 13.8 Å². The zero-order valence-electron chi connectivity index (χ0n) is 11.4. The van der Waals surface area contributed by atoms with Crippen molar-refractivity contribution in [2.75, 3.05) is 0 Å². The van der Waals surface area contributed by atoms with Crippen LogP contribution in [0.3, 0.4) is 0 Å². The lowest BCUT2D eigenvalue weighted by atomic mass is 10.2. The molecule has 2 heterocycles. The fraction of sp³-hybridized carbons (Fsp3) is 0.267. The summed E-state index contributed by atoms with van der Waals surface area (Å²) in [6, 6.07) is 8.40. The topological polar surface area (TPSA) is 43.8 Å². The van der Waals surface area contributed by atoms with Crippen LogP contribution in [0.1, 0.15) is 16.0 Å². The lowest BCUT2D eigenvalue weighted by Crippen LogP contribution is -1.97. The number of aryl methyl sites for hydroxylation is 3. The van der Waals surface area contributed by atoms with Gasteiger partial charge in [0.2, 0.25) is 0 Å². The van der Waals surface area contributed by atoms with Gasteiger partial charge in [-0.15, -0.1) is 11.3 Å². The number of benzene rings is 1. The molecule has 0 amide bonds. The van der Waals surface area contributed by atoms with Crippen LogP contribution >= 0.6 is 11.3 Å². The smallest absolute Gasteiger partial charge is 0.150 e. The summed E-state index contributed by atoms with van der Waals surface area (Å²) in [5.74, 6) is 1.03. The molecule has 4 heteroatoms. The summed E-state index contributed by atoms with van der Waals surface area (Å²) in [5, 5.41) is 0. The van der Waals surface area contributed by atoms with Gasteiger partial charge in [-0.25, -0.2) is 4.98 Å². The number of hydrogen-bond acceptors (Lipinski definition) is 3. The lowest BCUT2D eigenvalue weighted by molar-refractivity contribution is 0.963. The van der Waals surface area contributed by atoms with E-state index in [0.717, 1.165) is 22.4 Å². The van der Waals surface area contributed by atoms with Crippen LogP contribution in [0.5, 0.6) is 0 Å². The second-order valence-corrected chi connectivity index (χ2v) is 6.09. The number of nitrogens with two attached hydrogens (primary N) is 1. The maximum atomic E-state index is 5.80. The minimum absolute atomic E-state index is 0.524. The number of fused-ring (bicyclic) bond motifs is 1. The molecule has 0 aliphatic heterocycles. The lowest BCUT2D eigenvalue weighted by Gasteiger charge is -1.99. The Morgan fingerprint density at radius 1 is 1.32 bits per heavy atom. The van der Waals surface area contributed by atoms with E-state index in [4.69, 9.17) is 10.7 Å². The quantitative estimate of drug-likeness (QED) is 0.776. The number of hydrogen-bond donors (Lipinski definition) is 1. The zero-order valence-corrected chi connectivity index (χ0v) is 12.2. The highest BCUT2D eigenvalue weighted by Gasteiger charge is 2.14. The third-order valence-corrected chi connectivity index (χ3v) is 4.75. The number of para-hydroxylation sites is 1. The minimum atomic E-state index is 0.524. The Labute approximate surface area is 116 Å². The van der Waals surface area contributed by atoms with Crippen molar-refractivity contribution in [1.82, 2.24) is 9.55 Å². The summed E-state index contributed by atoms with van der Waals surface area (Å²) in [5.41, 5.74) is 10.4. The van der Waals surface area contributed by atoms with Gasteiger partial charge in [0, 0.05) is 18.5 Å². The molecule has 2 N–H and O–H groups in total. The van der Waals surface area contributed by atoms with Crippen LogP contribution in [0.2, 0.25) is 0 Å². The molecule has 0 atom stereocenters. The van der Waals surface area contributed by atoms with E-state index in [1.807, 2.05) is 12.1 Å². The Morgan fingerprint density at radius 2 is 2.11 bits per heavy atom. The molecule has 0 bridgehead atoms. The van der Waals surface area contributed by atoms with Crippen molar-refractivity contribution in [3.05, 3.63) is 40.3 Å². The van der Waals surface area contributed by atoms with Gasteiger partial charge in [-0.2, -0.15) is 0 Å². The van der Waals surface area contributed by atoms with E-state index in [9.17, 15) is 0 Å². The first kappa shape index (κ1) is 12.4. The largest absolute Gasteiger partial charge is 0.326 e. The first-order valence-electron chi connectivity index (χ1n) is 6.33. The van der Waals surface area contributed by atoms with E-state index >= 15 is 0 Å². The summed E-state index contributed by atoms with van der Waals surface area (Å²) in [6.45, 7) is 4.82. The second kappa shape index (κ2) is 4.47. The standard InChI is InChI=1S/C15H17N3S/c1-9-7-13(19-10(9)2)15-17-14-11(8-16)5-4-6-12(14)18(15)3/h4-7H,8,16H2,1-3H3. The molecule has 3 nitrogen and oxygen atoms in total. The predicted molar refractivity (Wildman–Crippen MR) is 81.4 cm³/mol. The van der Waals surface area contributed by atoms with Gasteiger partial charge in [-0.05, 0) is 37.1 Å². The number of rotatable bonds is 2. The van der Waals surface area contributed by atoms with Gasteiger partial charge < -0.3 is 10.3 Å². The van der Waals surface area contributed by atoms with E-state index in [1.165, 1.54) is 15.3 Å². The van der Waals surface area contributed by atoms with Crippen molar-refractivity contribution in [3.8, 4) is 10.7 Å². The van der Waals surface area contributed by atoms with Crippen LogP contribution < -0.4 is 5.73 Å². The first-order chi connectivity index (χ1) is 9.11. The van der Waals surface area contributed by atoms with E-state index in [1.54, 1.807) is 11.3 Å². The van der Waals surface area contributed by atoms with E-state index in [0.29, 0.717) is 6.54 Å². The van der Waals surface area contributed by atoms with Crippen molar-refractivity contribution in [1.29, 1.82) is 0 Å². The molecular weight excluding hydrogens is 254 g/mol. The fourth-order valence-electron chi connectivity index (χ4n) is 2.34. The Kier molecular flexibility index (Phi) is 2.92. The van der Waals surface area contributed by atoms with Gasteiger partial charge >= 0.3 is 0 Å². The molecule has 0 aliphatic carbocycles. The minimum Gasteiger partial charge on any atom is -0.326 e. The van der Waals surface area contributed by atoms with Crippen LogP contribution in [-0.2, 0) is 13.6 Å². The Hall–Kier alpha value is -1.65. The molecule has 0 unspecified atom stereocenters. The molecular formula is C15H17N3S. The van der Waals surface area contributed by atoms with E-state index < -0.39 is 0 Å². The molecule has 0 radical (unpaired) electrons. The van der Waals surface area contributed by atoms with Gasteiger partial charge in [-0.3, -0.25) is 0 Å². The Bertz CT molecular complexity index is 733. The molecule has 2 aromatic heterocycles. The van der Waals surface area contributed by atoms with Crippen molar-refractivity contribution < 1.29 is 0 Å². The maximum absolute atomic E-state index is 5.80. The number of nitrogens with zero attached hydrogens (tertiary/aromatic N) is 2. The Balaban J connectivity index is 2.27. The molecule has 0 saturated carbocycles. The normalized spacial score (nSPS) is 11.4. The third kappa shape index (κ3) is 1.88. The van der Waals surface area contributed by atoms with Gasteiger partial charge in [-0.1, -0.05) is 12.1 Å². The van der Waals surface area contributed by atoms with Crippen molar-refractivity contribution in [2.24, 2.45) is 12.8 Å². The zero-order chi connectivity index (χ0) is 13.6. The average Bonchev–Trinajstić information content (AvgIpc) is 2.91. The molecule has 0 spiro atoms. The van der Waals surface area contributed by atoms with E-state index in [2.05, 4.69) is 37.6 Å². The third-order valence-electron chi connectivity index (χ3n) is 3.60. The van der Waals surface area contributed by atoms with Crippen LogP contribution in [0.4, 0.5) is 0 Å². The predicted octanol–water partition coefficient (Wildman–Crippen LogP) is 3.38. The summed E-state index contributed by atoms with van der Waals surface area (Å²) < 4.78 is 2.15. The fourth-order valence-corrected chi connectivity index (χ4v) is 3.40. The van der Waals surface area contributed by atoms with Gasteiger partial charge in [0.1, 0.15) is 0 Å². The highest BCUT2D eigenvalue weighted by atomic mass is 32.1. The molecule has 0 fully saturated rings. The van der Waals surface area contributed by atoms with Crippen molar-refractivity contribution in [2.45, 2.75) is 20.4 Å². The highest BCUT2D eigenvalue weighted by molar-refractivity contribution is 7.15. The van der Waals surface area contributed by atoms with Crippen LogP contribution in [0.25, 0.3) is 21.7 Å². The Morgan fingerprint density at radius 3 is 2.74 bits per heavy atom. The molecule has 3 rings (SSSR count). The monoisotopic (exact) mass is 271 g/mol. The summed E-state index contributed by atoms with van der Waals surface area (Å²) in [6.07, 6.45) is 0. The molecule has 0 saturated heterocycles.